The Kier molecular flexibility index (Phi) is 4.40. The van der Waals surface area contributed by atoms with Crippen LogP contribution in [0, 0.1) is 0 Å². The molecular weight excluding hydrogens is 256 g/mol. The number of amides is 1. The number of nitrogens with one attached hydrogen (secondary N) is 2. The van der Waals surface area contributed by atoms with Crippen molar-refractivity contribution in [1.29, 1.82) is 0 Å². The summed E-state index contributed by atoms with van der Waals surface area (Å²) in [5, 5.41) is 3.71. The highest BCUT2D eigenvalue weighted by Gasteiger charge is 2.05. The highest BCUT2D eigenvalue weighted by molar-refractivity contribution is 5.80. The molecule has 0 aliphatic rings. The normalized spacial score (nSPS) is 10.5. The minimum atomic E-state index is -0.128. The predicted octanol–water partition coefficient (Wildman–Crippen LogP) is 1.61. The lowest BCUT2D eigenvalue weighted by Gasteiger charge is -2.06. The van der Waals surface area contributed by atoms with Crippen molar-refractivity contribution in [3.63, 3.8) is 0 Å². The Morgan fingerprint density at radius 2 is 2.15 bits per heavy atom. The molecule has 0 aliphatic carbocycles. The second-order valence-corrected chi connectivity index (χ2v) is 4.53. The third-order valence-electron chi connectivity index (χ3n) is 3.17. The number of benzene rings is 1. The highest BCUT2D eigenvalue weighted by Crippen LogP contribution is 2.18. The van der Waals surface area contributed by atoms with Gasteiger partial charge in [0.2, 0.25) is 5.91 Å². The Morgan fingerprint density at radius 1 is 1.35 bits per heavy atom. The van der Waals surface area contributed by atoms with Gasteiger partial charge >= 0.3 is 0 Å². The van der Waals surface area contributed by atoms with E-state index in [2.05, 4.69) is 10.3 Å². The topological polar surface area (TPSA) is 71.2 Å². The van der Waals surface area contributed by atoms with Crippen LogP contribution in [0.5, 0.6) is 5.75 Å². The van der Waals surface area contributed by atoms with E-state index in [0.29, 0.717) is 30.7 Å². The fourth-order valence-electron chi connectivity index (χ4n) is 2.00. The number of carbonyl (C=O) groups is 1. The lowest BCUT2D eigenvalue weighted by atomic mass is 10.1. The van der Waals surface area contributed by atoms with Crippen LogP contribution in [0.4, 0.5) is 0 Å². The van der Waals surface area contributed by atoms with E-state index in [0.717, 1.165) is 10.9 Å². The van der Waals surface area contributed by atoms with Crippen LogP contribution < -0.4 is 15.6 Å². The van der Waals surface area contributed by atoms with Gasteiger partial charge in [0.05, 0.1) is 12.6 Å². The molecule has 0 radical (unpaired) electrons. The number of rotatable bonds is 5. The molecule has 2 aromatic rings. The van der Waals surface area contributed by atoms with Gasteiger partial charge in [-0.2, -0.15) is 0 Å². The van der Waals surface area contributed by atoms with Crippen molar-refractivity contribution < 1.29 is 9.53 Å². The highest BCUT2D eigenvalue weighted by atomic mass is 16.5. The van der Waals surface area contributed by atoms with E-state index in [4.69, 9.17) is 4.74 Å². The number of aromatic nitrogens is 1. The zero-order valence-corrected chi connectivity index (χ0v) is 11.7. The Morgan fingerprint density at radius 3 is 2.85 bits per heavy atom. The van der Waals surface area contributed by atoms with E-state index in [1.807, 2.05) is 18.2 Å². The molecule has 0 atom stereocenters. The average Bonchev–Trinajstić information content (AvgIpc) is 2.46. The molecule has 1 aromatic heterocycles. The fraction of sp³-hybridized carbons (Fsp3) is 0.333. The largest absolute Gasteiger partial charge is 0.497 e. The van der Waals surface area contributed by atoms with Gasteiger partial charge in [0.25, 0.3) is 5.56 Å². The molecule has 0 saturated heterocycles. The van der Waals surface area contributed by atoms with E-state index >= 15 is 0 Å². The third kappa shape index (κ3) is 3.17. The van der Waals surface area contributed by atoms with Gasteiger partial charge in [-0.3, -0.25) is 9.59 Å². The summed E-state index contributed by atoms with van der Waals surface area (Å²) < 4.78 is 5.13. The quantitative estimate of drug-likeness (QED) is 0.870. The van der Waals surface area contributed by atoms with Crippen LogP contribution in [-0.4, -0.2) is 24.5 Å². The van der Waals surface area contributed by atoms with E-state index in [1.54, 1.807) is 20.1 Å². The molecule has 0 bridgehead atoms. The first-order valence-corrected chi connectivity index (χ1v) is 6.60. The van der Waals surface area contributed by atoms with Gasteiger partial charge in [-0.05, 0) is 30.0 Å². The monoisotopic (exact) mass is 274 g/mol. The zero-order chi connectivity index (χ0) is 14.5. The summed E-state index contributed by atoms with van der Waals surface area (Å²) in [6, 6.07) is 7.40. The van der Waals surface area contributed by atoms with Gasteiger partial charge < -0.3 is 15.0 Å². The van der Waals surface area contributed by atoms with Crippen molar-refractivity contribution in [1.82, 2.24) is 10.3 Å². The van der Waals surface area contributed by atoms with E-state index < -0.39 is 0 Å². The van der Waals surface area contributed by atoms with Crippen molar-refractivity contribution in [2.24, 2.45) is 0 Å². The van der Waals surface area contributed by atoms with Gasteiger partial charge in [-0.25, -0.2) is 0 Å². The molecule has 5 nitrogen and oxygen atoms in total. The maximum atomic E-state index is 12.0. The molecule has 0 aliphatic heterocycles. The molecule has 1 amide bonds. The molecule has 2 N–H and O–H groups in total. The van der Waals surface area contributed by atoms with E-state index in [-0.39, 0.29) is 11.5 Å². The summed E-state index contributed by atoms with van der Waals surface area (Å²) in [4.78, 5) is 26.0. The van der Waals surface area contributed by atoms with E-state index in [9.17, 15) is 9.59 Å². The second-order valence-electron chi connectivity index (χ2n) is 4.53. The molecule has 5 heteroatoms. The number of H-pyrrole nitrogens is 1. The number of aromatic amines is 1. The number of hydrogen-bond acceptors (Lipinski definition) is 3. The summed E-state index contributed by atoms with van der Waals surface area (Å²) in [6.45, 7) is 2.27. The summed E-state index contributed by atoms with van der Waals surface area (Å²) in [5.74, 6) is 0.697. The molecule has 0 saturated carbocycles. The fourth-order valence-corrected chi connectivity index (χ4v) is 2.00. The third-order valence-corrected chi connectivity index (χ3v) is 3.17. The number of fused-ring (bicyclic) bond motifs is 1. The first-order valence-electron chi connectivity index (χ1n) is 6.60. The second kappa shape index (κ2) is 6.23. The molecule has 0 fully saturated rings. The molecule has 1 aromatic carbocycles. The predicted molar refractivity (Wildman–Crippen MR) is 78.1 cm³/mol. The smallest absolute Gasteiger partial charge is 0.251 e. The van der Waals surface area contributed by atoms with Crippen molar-refractivity contribution in [3.8, 4) is 5.75 Å². The average molecular weight is 274 g/mol. The molecule has 1 heterocycles. The first-order chi connectivity index (χ1) is 9.63. The minimum Gasteiger partial charge on any atom is -0.497 e. The molecular formula is C15H18N2O3. The van der Waals surface area contributed by atoms with Crippen molar-refractivity contribution in [2.75, 3.05) is 13.7 Å². The molecule has 0 unspecified atom stereocenters. The number of hydrogen-bond donors (Lipinski definition) is 2. The van der Waals surface area contributed by atoms with Crippen LogP contribution in [0.1, 0.15) is 18.9 Å². The van der Waals surface area contributed by atoms with Crippen molar-refractivity contribution in [3.05, 3.63) is 40.2 Å². The maximum absolute atomic E-state index is 12.0. The van der Waals surface area contributed by atoms with Crippen LogP contribution in [-0.2, 0) is 11.2 Å². The number of pyridine rings is 1. The van der Waals surface area contributed by atoms with Gasteiger partial charge in [-0.1, -0.05) is 6.92 Å². The number of ether oxygens (including phenoxy) is 1. The van der Waals surface area contributed by atoms with Gasteiger partial charge in [0, 0.05) is 24.6 Å². The van der Waals surface area contributed by atoms with Crippen LogP contribution in [0.3, 0.4) is 0 Å². The summed E-state index contributed by atoms with van der Waals surface area (Å²) in [6.07, 6.45) is 0.969. The molecule has 106 valence electrons. The summed E-state index contributed by atoms with van der Waals surface area (Å²) in [5.41, 5.74) is 1.28. The minimum absolute atomic E-state index is 0.00745. The van der Waals surface area contributed by atoms with Crippen LogP contribution in [0.25, 0.3) is 10.9 Å². The Labute approximate surface area is 117 Å². The molecule has 0 spiro atoms. The SMILES string of the molecule is CCC(=O)NCCc1cc2ccc(OC)cc2[nH]c1=O. The molecule has 20 heavy (non-hydrogen) atoms. The van der Waals surface area contributed by atoms with Gasteiger partial charge in [0.1, 0.15) is 5.75 Å². The zero-order valence-electron chi connectivity index (χ0n) is 11.7. The summed E-state index contributed by atoms with van der Waals surface area (Å²) in [7, 11) is 1.59. The van der Waals surface area contributed by atoms with Crippen molar-refractivity contribution in [2.45, 2.75) is 19.8 Å². The van der Waals surface area contributed by atoms with Gasteiger partial charge in [0.15, 0.2) is 0 Å². The Bertz CT molecular complexity index is 676. The Hall–Kier alpha value is -2.30. The summed E-state index contributed by atoms with van der Waals surface area (Å²) >= 11 is 0. The van der Waals surface area contributed by atoms with Crippen LogP contribution >= 0.6 is 0 Å². The molecule has 2 rings (SSSR count). The lowest BCUT2D eigenvalue weighted by molar-refractivity contribution is -0.120. The van der Waals surface area contributed by atoms with E-state index in [1.165, 1.54) is 0 Å². The number of methoxy groups -OCH3 is 1. The lowest BCUT2D eigenvalue weighted by Crippen LogP contribution is -2.26. The maximum Gasteiger partial charge on any atom is 0.251 e. The standard InChI is InChI=1S/C15H18N2O3/c1-3-14(18)16-7-6-11-8-10-4-5-12(20-2)9-13(10)17-15(11)19/h4-5,8-9H,3,6-7H2,1-2H3,(H,16,18)(H,17,19). The van der Waals surface area contributed by atoms with Crippen LogP contribution in [0.2, 0.25) is 0 Å². The van der Waals surface area contributed by atoms with Crippen molar-refractivity contribution >= 4 is 16.8 Å². The first kappa shape index (κ1) is 14.1. The van der Waals surface area contributed by atoms with Gasteiger partial charge in [-0.15, -0.1) is 0 Å². The number of carbonyl (C=O) groups excluding carboxylic acids is 1. The Balaban J connectivity index is 2.20. The van der Waals surface area contributed by atoms with Crippen LogP contribution in [0.15, 0.2) is 29.1 Å².